The second kappa shape index (κ2) is 7.72. The largest absolute Gasteiger partial charge is 0.322 e. The van der Waals surface area contributed by atoms with Crippen molar-refractivity contribution in [2.45, 2.75) is 32.6 Å². The second-order valence-corrected chi connectivity index (χ2v) is 6.61. The average Bonchev–Trinajstić information content (AvgIpc) is 2.93. The standard InChI is InChI=1S/C18H20ClN5O2/c1-11-10-17(26)22-18(20-11)24-15(9-12(2)23-24)21-16(25)8-7-13-5-3-4-6-14(13)19/h3-9,11,18,20H,10H2,1-2H3,(H,21,25)(H,22,26)/b8-7+. The molecule has 3 N–H and O–H groups in total. The fourth-order valence-electron chi connectivity index (χ4n) is 2.74. The van der Waals surface area contributed by atoms with Crippen molar-refractivity contribution in [3.63, 3.8) is 0 Å². The van der Waals surface area contributed by atoms with E-state index in [0.717, 1.165) is 11.3 Å². The predicted octanol–water partition coefficient (Wildman–Crippen LogP) is 2.45. The van der Waals surface area contributed by atoms with Gasteiger partial charge in [0.1, 0.15) is 5.82 Å². The van der Waals surface area contributed by atoms with Gasteiger partial charge in [0.05, 0.1) is 5.69 Å². The van der Waals surface area contributed by atoms with Gasteiger partial charge in [-0.1, -0.05) is 29.8 Å². The predicted molar refractivity (Wildman–Crippen MR) is 100 cm³/mol. The molecule has 1 fully saturated rings. The smallest absolute Gasteiger partial charge is 0.249 e. The number of amides is 2. The van der Waals surface area contributed by atoms with Crippen molar-refractivity contribution in [2.24, 2.45) is 0 Å². The molecule has 1 aliphatic rings. The van der Waals surface area contributed by atoms with Gasteiger partial charge in [0.15, 0.2) is 6.29 Å². The first-order valence-electron chi connectivity index (χ1n) is 8.27. The van der Waals surface area contributed by atoms with Crippen LogP contribution < -0.4 is 16.0 Å². The maximum Gasteiger partial charge on any atom is 0.249 e. The number of hydrogen-bond donors (Lipinski definition) is 3. The lowest BCUT2D eigenvalue weighted by atomic mass is 10.2. The van der Waals surface area contributed by atoms with Crippen LogP contribution in [0.3, 0.4) is 0 Å². The molecule has 2 amide bonds. The van der Waals surface area contributed by atoms with Crippen LogP contribution in [-0.2, 0) is 9.59 Å². The van der Waals surface area contributed by atoms with Gasteiger partial charge < -0.3 is 10.6 Å². The Labute approximate surface area is 156 Å². The molecule has 2 aromatic rings. The van der Waals surface area contributed by atoms with E-state index in [4.69, 9.17) is 11.6 Å². The van der Waals surface area contributed by atoms with Gasteiger partial charge in [-0.05, 0) is 31.6 Å². The van der Waals surface area contributed by atoms with E-state index >= 15 is 0 Å². The molecular formula is C18H20ClN5O2. The van der Waals surface area contributed by atoms with Crippen molar-refractivity contribution in [1.29, 1.82) is 0 Å². The molecule has 1 aromatic carbocycles. The summed E-state index contributed by atoms with van der Waals surface area (Å²) in [6.07, 6.45) is 2.94. The Morgan fingerprint density at radius 3 is 2.92 bits per heavy atom. The molecule has 0 saturated carbocycles. The quantitative estimate of drug-likeness (QED) is 0.718. The number of rotatable bonds is 4. The first kappa shape index (κ1) is 18.2. The number of carbonyl (C=O) groups is 2. The van der Waals surface area contributed by atoms with Crippen LogP contribution >= 0.6 is 11.6 Å². The Bertz CT molecular complexity index is 861. The van der Waals surface area contributed by atoms with Crippen LogP contribution in [0.4, 0.5) is 5.82 Å². The number of halogens is 1. The van der Waals surface area contributed by atoms with Crippen LogP contribution in [0.5, 0.6) is 0 Å². The molecule has 3 rings (SSSR count). The van der Waals surface area contributed by atoms with Crippen LogP contribution in [0.15, 0.2) is 36.4 Å². The summed E-state index contributed by atoms with van der Waals surface area (Å²) in [6, 6.07) is 9.02. The van der Waals surface area contributed by atoms with Gasteiger partial charge in [-0.2, -0.15) is 5.10 Å². The molecule has 2 atom stereocenters. The minimum absolute atomic E-state index is 0.0157. The lowest BCUT2D eigenvalue weighted by Gasteiger charge is -2.30. The van der Waals surface area contributed by atoms with Gasteiger partial charge >= 0.3 is 0 Å². The number of benzene rings is 1. The van der Waals surface area contributed by atoms with E-state index < -0.39 is 6.29 Å². The number of hydrogen-bond acceptors (Lipinski definition) is 4. The van der Waals surface area contributed by atoms with Crippen LogP contribution in [-0.4, -0.2) is 27.6 Å². The number of nitrogens with zero attached hydrogens (tertiary/aromatic N) is 2. The number of carbonyl (C=O) groups excluding carboxylic acids is 2. The highest BCUT2D eigenvalue weighted by atomic mass is 35.5. The highest BCUT2D eigenvalue weighted by Gasteiger charge is 2.26. The summed E-state index contributed by atoms with van der Waals surface area (Å²) in [5.41, 5.74) is 1.48. The van der Waals surface area contributed by atoms with Gasteiger partial charge in [0, 0.05) is 29.6 Å². The van der Waals surface area contributed by atoms with Gasteiger partial charge in [0.25, 0.3) is 0 Å². The number of aryl methyl sites for hydroxylation is 1. The first-order chi connectivity index (χ1) is 12.4. The fourth-order valence-corrected chi connectivity index (χ4v) is 2.94. The van der Waals surface area contributed by atoms with Crippen LogP contribution in [0, 0.1) is 6.92 Å². The molecule has 2 heterocycles. The first-order valence-corrected chi connectivity index (χ1v) is 8.65. The molecule has 7 nitrogen and oxygen atoms in total. The van der Waals surface area contributed by atoms with Crippen LogP contribution in [0.1, 0.15) is 30.9 Å². The van der Waals surface area contributed by atoms with Gasteiger partial charge in [-0.15, -0.1) is 0 Å². The van der Waals surface area contributed by atoms with E-state index in [0.29, 0.717) is 17.3 Å². The van der Waals surface area contributed by atoms with Crippen molar-refractivity contribution < 1.29 is 9.59 Å². The molecule has 1 saturated heterocycles. The molecule has 0 radical (unpaired) electrons. The van der Waals surface area contributed by atoms with Crippen molar-refractivity contribution in [3.05, 3.63) is 52.7 Å². The van der Waals surface area contributed by atoms with Crippen molar-refractivity contribution >= 4 is 35.3 Å². The van der Waals surface area contributed by atoms with Gasteiger partial charge in [-0.25, -0.2) is 4.68 Å². The molecule has 1 aliphatic heterocycles. The van der Waals surface area contributed by atoms with Crippen LogP contribution in [0.2, 0.25) is 5.02 Å². The highest BCUT2D eigenvalue weighted by molar-refractivity contribution is 6.32. The number of nitrogens with one attached hydrogen (secondary N) is 3. The minimum Gasteiger partial charge on any atom is -0.322 e. The van der Waals surface area contributed by atoms with Crippen molar-refractivity contribution in [3.8, 4) is 0 Å². The zero-order valence-electron chi connectivity index (χ0n) is 14.5. The zero-order chi connectivity index (χ0) is 18.7. The monoisotopic (exact) mass is 373 g/mol. The molecule has 0 aliphatic carbocycles. The second-order valence-electron chi connectivity index (χ2n) is 6.20. The molecule has 8 heteroatoms. The summed E-state index contributed by atoms with van der Waals surface area (Å²) in [5, 5.41) is 13.8. The Hall–Kier alpha value is -2.64. The van der Waals surface area contributed by atoms with E-state index in [2.05, 4.69) is 21.0 Å². The van der Waals surface area contributed by atoms with Crippen LogP contribution in [0.25, 0.3) is 6.08 Å². The maximum atomic E-state index is 12.3. The Morgan fingerprint density at radius 1 is 1.42 bits per heavy atom. The summed E-state index contributed by atoms with van der Waals surface area (Å²) < 4.78 is 1.56. The Kier molecular flexibility index (Phi) is 5.39. The average molecular weight is 374 g/mol. The number of anilines is 1. The van der Waals surface area contributed by atoms with Gasteiger partial charge in [-0.3, -0.25) is 14.9 Å². The van der Waals surface area contributed by atoms with Crippen molar-refractivity contribution in [1.82, 2.24) is 20.4 Å². The number of aromatic nitrogens is 2. The van der Waals surface area contributed by atoms with E-state index in [9.17, 15) is 9.59 Å². The Morgan fingerprint density at radius 2 is 2.19 bits per heavy atom. The van der Waals surface area contributed by atoms with E-state index in [-0.39, 0.29) is 17.9 Å². The summed E-state index contributed by atoms with van der Waals surface area (Å²) in [4.78, 5) is 24.1. The van der Waals surface area contributed by atoms with Gasteiger partial charge in [0.2, 0.25) is 11.8 Å². The molecule has 2 unspecified atom stereocenters. The lowest BCUT2D eigenvalue weighted by Crippen LogP contribution is -2.52. The lowest BCUT2D eigenvalue weighted by molar-refractivity contribution is -0.125. The molecule has 1 aromatic heterocycles. The summed E-state index contributed by atoms with van der Waals surface area (Å²) in [5.74, 6) is 0.106. The molecule has 26 heavy (non-hydrogen) atoms. The topological polar surface area (TPSA) is 88.0 Å². The zero-order valence-corrected chi connectivity index (χ0v) is 15.2. The van der Waals surface area contributed by atoms with Crippen molar-refractivity contribution in [2.75, 3.05) is 5.32 Å². The summed E-state index contributed by atoms with van der Waals surface area (Å²) >= 11 is 6.08. The summed E-state index contributed by atoms with van der Waals surface area (Å²) in [7, 11) is 0. The van der Waals surface area contributed by atoms with E-state index in [1.807, 2.05) is 32.0 Å². The normalized spacial score (nSPS) is 20.2. The third-order valence-electron chi connectivity index (χ3n) is 3.90. The van der Waals surface area contributed by atoms with E-state index in [1.165, 1.54) is 6.08 Å². The fraction of sp³-hybridized carbons (Fsp3) is 0.278. The SMILES string of the molecule is Cc1cc(NC(=O)/C=C/c2ccccc2Cl)n(C2NC(=O)CC(C)N2)n1. The highest BCUT2D eigenvalue weighted by Crippen LogP contribution is 2.18. The third-order valence-corrected chi connectivity index (χ3v) is 4.25. The Balaban J connectivity index is 1.75. The van der Waals surface area contributed by atoms with E-state index in [1.54, 1.807) is 22.9 Å². The molecule has 0 spiro atoms. The molecule has 136 valence electrons. The minimum atomic E-state index is -0.511. The third kappa shape index (κ3) is 4.30. The maximum absolute atomic E-state index is 12.3. The molecule has 0 bridgehead atoms. The molecular weight excluding hydrogens is 354 g/mol. The summed E-state index contributed by atoms with van der Waals surface area (Å²) in [6.45, 7) is 3.74.